The third-order valence-electron chi connectivity index (χ3n) is 4.50. The van der Waals surface area contributed by atoms with Crippen molar-refractivity contribution in [2.45, 2.75) is 32.7 Å². The Morgan fingerprint density at radius 3 is 2.67 bits per heavy atom. The van der Waals surface area contributed by atoms with Gasteiger partial charge in [0.25, 0.3) is 5.91 Å². The maximum atomic E-state index is 12.1. The Balaban J connectivity index is 1.51. The van der Waals surface area contributed by atoms with Crippen molar-refractivity contribution >= 4 is 22.8 Å². The largest absolute Gasteiger partial charge is 0.464 e. The minimum absolute atomic E-state index is 0.0694. The van der Waals surface area contributed by atoms with Crippen LogP contribution in [0.1, 0.15) is 36.6 Å². The average Bonchev–Trinajstić information content (AvgIpc) is 3.09. The highest BCUT2D eigenvalue weighted by atomic mass is 16.5. The predicted molar refractivity (Wildman–Crippen MR) is 103 cm³/mol. The third kappa shape index (κ3) is 4.76. The second-order valence-electron chi connectivity index (χ2n) is 6.48. The smallest absolute Gasteiger partial charge is 0.310 e. The first-order valence-corrected chi connectivity index (χ1v) is 9.05. The van der Waals surface area contributed by atoms with E-state index >= 15 is 0 Å². The second kappa shape index (κ2) is 8.54. The van der Waals surface area contributed by atoms with Crippen molar-refractivity contribution in [2.75, 3.05) is 6.61 Å². The molecule has 0 aliphatic carbocycles. The molecule has 0 aliphatic rings. The summed E-state index contributed by atoms with van der Waals surface area (Å²) in [6.45, 7) is 3.66. The molecule has 0 unspecified atom stereocenters. The molecule has 3 aromatic rings. The van der Waals surface area contributed by atoms with E-state index in [0.717, 1.165) is 28.5 Å². The van der Waals surface area contributed by atoms with E-state index in [2.05, 4.69) is 12.2 Å². The average molecular weight is 365 g/mol. The maximum Gasteiger partial charge on any atom is 0.310 e. The van der Waals surface area contributed by atoms with Crippen LogP contribution < -0.4 is 5.32 Å². The standard InChI is InChI=1S/C22H23NO4/c1-3-16-9-10-19-18(13-26-20(19)11-16)12-22(25)27-14-21(24)23-15(2)17-7-5-4-6-8-17/h4-11,13,15H,3,12,14H2,1-2H3,(H,23,24)/t15-/m0/s1. The van der Waals surface area contributed by atoms with E-state index < -0.39 is 5.97 Å². The van der Waals surface area contributed by atoms with Crippen LogP contribution in [0, 0.1) is 0 Å². The summed E-state index contributed by atoms with van der Waals surface area (Å²) in [7, 11) is 0. The highest BCUT2D eigenvalue weighted by molar-refractivity contribution is 5.87. The number of furan rings is 1. The SMILES string of the molecule is CCc1ccc2c(CC(=O)OCC(=O)N[C@@H](C)c3ccccc3)coc2c1. The van der Waals surface area contributed by atoms with Crippen LogP contribution in [0.5, 0.6) is 0 Å². The van der Waals surface area contributed by atoms with Crippen LogP contribution >= 0.6 is 0 Å². The lowest BCUT2D eigenvalue weighted by Crippen LogP contribution is -2.31. The first-order valence-electron chi connectivity index (χ1n) is 9.05. The van der Waals surface area contributed by atoms with Crippen molar-refractivity contribution < 1.29 is 18.7 Å². The molecular formula is C22H23NO4. The summed E-state index contributed by atoms with van der Waals surface area (Å²) in [5, 5.41) is 3.71. The van der Waals surface area contributed by atoms with E-state index in [1.807, 2.05) is 55.5 Å². The molecule has 0 saturated carbocycles. The van der Waals surface area contributed by atoms with E-state index in [4.69, 9.17) is 9.15 Å². The Morgan fingerprint density at radius 2 is 1.93 bits per heavy atom. The summed E-state index contributed by atoms with van der Waals surface area (Å²) in [6, 6.07) is 15.4. The Kier molecular flexibility index (Phi) is 5.91. The van der Waals surface area contributed by atoms with Gasteiger partial charge in [0, 0.05) is 10.9 Å². The maximum absolute atomic E-state index is 12.1. The predicted octanol–water partition coefficient (Wildman–Crippen LogP) is 3.96. The first kappa shape index (κ1) is 18.7. The Hall–Kier alpha value is -3.08. The van der Waals surface area contributed by atoms with Crippen molar-refractivity contribution in [3.05, 3.63) is 71.5 Å². The van der Waals surface area contributed by atoms with Crippen molar-refractivity contribution in [1.29, 1.82) is 0 Å². The van der Waals surface area contributed by atoms with Gasteiger partial charge in [-0.3, -0.25) is 9.59 Å². The van der Waals surface area contributed by atoms with Gasteiger partial charge in [-0.15, -0.1) is 0 Å². The van der Waals surface area contributed by atoms with Gasteiger partial charge in [0.05, 0.1) is 18.7 Å². The molecule has 0 spiro atoms. The monoisotopic (exact) mass is 365 g/mol. The molecule has 5 heteroatoms. The minimum Gasteiger partial charge on any atom is -0.464 e. The fourth-order valence-corrected chi connectivity index (χ4v) is 2.95. The number of rotatable bonds is 7. The number of aryl methyl sites for hydroxylation is 1. The molecule has 2 aromatic carbocycles. The molecule has 0 bridgehead atoms. The molecule has 1 N–H and O–H groups in total. The topological polar surface area (TPSA) is 68.5 Å². The van der Waals surface area contributed by atoms with E-state index in [1.165, 1.54) is 5.56 Å². The summed E-state index contributed by atoms with van der Waals surface area (Å²) >= 11 is 0. The van der Waals surface area contributed by atoms with Crippen molar-refractivity contribution in [1.82, 2.24) is 5.32 Å². The molecule has 0 radical (unpaired) electrons. The molecule has 3 rings (SSSR count). The van der Waals surface area contributed by atoms with Crippen molar-refractivity contribution in [3.8, 4) is 0 Å². The van der Waals surface area contributed by atoms with Gasteiger partial charge >= 0.3 is 5.97 Å². The second-order valence-corrected chi connectivity index (χ2v) is 6.48. The first-order chi connectivity index (χ1) is 13.1. The van der Waals surface area contributed by atoms with Crippen LogP contribution in [-0.2, 0) is 27.2 Å². The van der Waals surface area contributed by atoms with E-state index in [0.29, 0.717) is 0 Å². The number of hydrogen-bond acceptors (Lipinski definition) is 4. The number of carbonyl (C=O) groups excluding carboxylic acids is 2. The van der Waals surface area contributed by atoms with Gasteiger partial charge < -0.3 is 14.5 Å². The number of fused-ring (bicyclic) bond motifs is 1. The number of amides is 1. The van der Waals surface area contributed by atoms with Gasteiger partial charge in [0.15, 0.2) is 6.61 Å². The quantitative estimate of drug-likeness (QED) is 0.644. The van der Waals surface area contributed by atoms with Crippen LogP contribution in [0.3, 0.4) is 0 Å². The fourth-order valence-electron chi connectivity index (χ4n) is 2.95. The number of nitrogens with one attached hydrogen (secondary N) is 1. The number of benzene rings is 2. The van der Waals surface area contributed by atoms with Crippen molar-refractivity contribution in [3.63, 3.8) is 0 Å². The highest BCUT2D eigenvalue weighted by Gasteiger charge is 2.14. The fraction of sp³-hybridized carbons (Fsp3) is 0.273. The number of ether oxygens (including phenoxy) is 1. The van der Waals surface area contributed by atoms with Crippen molar-refractivity contribution in [2.24, 2.45) is 0 Å². The van der Waals surface area contributed by atoms with Gasteiger partial charge in [-0.2, -0.15) is 0 Å². The van der Waals surface area contributed by atoms with Gasteiger partial charge in [0.2, 0.25) is 0 Å². The zero-order valence-corrected chi connectivity index (χ0v) is 15.5. The minimum atomic E-state index is -0.459. The van der Waals surface area contributed by atoms with Gasteiger partial charge in [-0.1, -0.05) is 49.4 Å². The third-order valence-corrected chi connectivity index (χ3v) is 4.50. The summed E-state index contributed by atoms with van der Waals surface area (Å²) < 4.78 is 10.6. The van der Waals surface area contributed by atoms with Gasteiger partial charge in [-0.25, -0.2) is 0 Å². The zero-order valence-electron chi connectivity index (χ0n) is 15.5. The van der Waals surface area contributed by atoms with Gasteiger partial charge in [0.1, 0.15) is 5.58 Å². The summed E-state index contributed by atoms with van der Waals surface area (Å²) in [5.41, 5.74) is 3.69. The van der Waals surface area contributed by atoms with Crippen LogP contribution in [0.15, 0.2) is 59.2 Å². The summed E-state index contributed by atoms with van der Waals surface area (Å²) in [6.07, 6.45) is 2.56. The molecule has 1 heterocycles. The molecule has 0 aliphatic heterocycles. The lowest BCUT2D eigenvalue weighted by Gasteiger charge is -2.14. The molecular weight excluding hydrogens is 342 g/mol. The Morgan fingerprint density at radius 1 is 1.15 bits per heavy atom. The van der Waals surface area contributed by atoms with Crippen LogP contribution in [-0.4, -0.2) is 18.5 Å². The molecule has 27 heavy (non-hydrogen) atoms. The summed E-state index contributed by atoms with van der Waals surface area (Å²) in [5.74, 6) is -0.788. The lowest BCUT2D eigenvalue weighted by molar-refractivity contribution is -0.148. The lowest BCUT2D eigenvalue weighted by atomic mass is 10.1. The number of hydrogen-bond donors (Lipinski definition) is 1. The highest BCUT2D eigenvalue weighted by Crippen LogP contribution is 2.23. The Labute approximate surface area is 158 Å². The van der Waals surface area contributed by atoms with Gasteiger partial charge in [-0.05, 0) is 30.5 Å². The zero-order chi connectivity index (χ0) is 19.2. The van der Waals surface area contributed by atoms with E-state index in [1.54, 1.807) is 6.26 Å². The summed E-state index contributed by atoms with van der Waals surface area (Å²) in [4.78, 5) is 24.1. The Bertz CT molecular complexity index is 930. The molecule has 1 atom stereocenters. The molecule has 1 amide bonds. The molecule has 5 nitrogen and oxygen atoms in total. The number of esters is 1. The van der Waals surface area contributed by atoms with E-state index in [9.17, 15) is 9.59 Å². The normalized spacial score (nSPS) is 11.9. The molecule has 0 saturated heterocycles. The molecule has 1 aromatic heterocycles. The van der Waals surface area contributed by atoms with Crippen LogP contribution in [0.4, 0.5) is 0 Å². The van der Waals surface area contributed by atoms with Crippen LogP contribution in [0.2, 0.25) is 0 Å². The number of carbonyl (C=O) groups is 2. The molecule has 0 fully saturated rings. The van der Waals surface area contributed by atoms with Crippen LogP contribution in [0.25, 0.3) is 11.0 Å². The van der Waals surface area contributed by atoms with E-state index in [-0.39, 0.29) is 25.0 Å². The molecule has 140 valence electrons.